The third-order valence-corrected chi connectivity index (χ3v) is 3.41. The van der Waals surface area contributed by atoms with Gasteiger partial charge in [0.25, 0.3) is 0 Å². The fourth-order valence-electron chi connectivity index (χ4n) is 1.04. The predicted octanol–water partition coefficient (Wildman–Crippen LogP) is 4.57. The molecule has 1 amide bonds. The largest absolute Gasteiger partial charge is 0.449 e. The van der Waals surface area contributed by atoms with E-state index in [1.165, 1.54) is 0 Å². The fraction of sp³-hybridized carbons (Fsp3) is 0.364. The molecule has 0 aromatic heterocycles. The van der Waals surface area contributed by atoms with Crippen LogP contribution >= 0.6 is 39.1 Å². The summed E-state index contributed by atoms with van der Waals surface area (Å²) in [5, 5.41) is 4.26. The number of benzene rings is 1. The third kappa shape index (κ3) is 5.61. The molecule has 0 heterocycles. The van der Waals surface area contributed by atoms with E-state index >= 15 is 0 Å². The molecule has 0 spiro atoms. The summed E-state index contributed by atoms with van der Waals surface area (Å²) < 4.78 is 5.01. The monoisotopic (exact) mass is 339 g/mol. The lowest BCUT2D eigenvalue weighted by molar-refractivity contribution is 0.148. The highest BCUT2D eigenvalue weighted by atomic mass is 79.9. The molecule has 1 atom stereocenters. The Bertz CT molecular complexity index is 381. The predicted molar refractivity (Wildman–Crippen MR) is 74.4 cm³/mol. The maximum Gasteiger partial charge on any atom is 0.411 e. The Morgan fingerprint density at radius 1 is 1.41 bits per heavy atom. The summed E-state index contributed by atoms with van der Waals surface area (Å²) >= 11 is 14.9. The van der Waals surface area contributed by atoms with E-state index in [-0.39, 0.29) is 5.92 Å². The summed E-state index contributed by atoms with van der Waals surface area (Å²) in [6, 6.07) is 4.79. The minimum atomic E-state index is -0.517. The SMILES string of the molecule is CC(CBr)COC(=O)Nc1cc(Cl)cc(Cl)c1. The molecule has 1 aromatic rings. The van der Waals surface area contributed by atoms with Crippen LogP contribution in [0.3, 0.4) is 0 Å². The highest BCUT2D eigenvalue weighted by Crippen LogP contribution is 2.22. The first kappa shape index (κ1) is 14.6. The topological polar surface area (TPSA) is 38.3 Å². The summed E-state index contributed by atoms with van der Waals surface area (Å²) in [4.78, 5) is 11.4. The van der Waals surface area contributed by atoms with Crippen LogP contribution < -0.4 is 5.32 Å². The molecule has 3 nitrogen and oxygen atoms in total. The fourth-order valence-corrected chi connectivity index (χ4v) is 1.76. The average Bonchev–Trinajstić information content (AvgIpc) is 2.24. The molecule has 0 bridgehead atoms. The van der Waals surface area contributed by atoms with Crippen LogP contribution in [0, 0.1) is 5.92 Å². The van der Waals surface area contributed by atoms with Crippen LogP contribution in [0.5, 0.6) is 0 Å². The van der Waals surface area contributed by atoms with Crippen LogP contribution in [0.15, 0.2) is 18.2 Å². The van der Waals surface area contributed by atoms with Crippen LogP contribution in [0.4, 0.5) is 10.5 Å². The Hall–Kier alpha value is -0.450. The molecule has 94 valence electrons. The lowest BCUT2D eigenvalue weighted by Gasteiger charge is -2.10. The average molecular weight is 341 g/mol. The number of alkyl halides is 1. The number of carbonyl (C=O) groups is 1. The number of carbonyl (C=O) groups excluding carboxylic acids is 1. The first-order valence-corrected chi connectivity index (χ1v) is 6.85. The van der Waals surface area contributed by atoms with Gasteiger partial charge < -0.3 is 4.74 Å². The van der Waals surface area contributed by atoms with Gasteiger partial charge in [0.05, 0.1) is 6.61 Å². The van der Waals surface area contributed by atoms with E-state index in [4.69, 9.17) is 27.9 Å². The number of amides is 1. The van der Waals surface area contributed by atoms with Crippen molar-refractivity contribution >= 4 is 50.9 Å². The van der Waals surface area contributed by atoms with Crippen LogP contribution in [-0.2, 0) is 4.74 Å². The van der Waals surface area contributed by atoms with E-state index in [2.05, 4.69) is 21.2 Å². The van der Waals surface area contributed by atoms with Gasteiger partial charge >= 0.3 is 6.09 Å². The van der Waals surface area contributed by atoms with Crippen molar-refractivity contribution in [3.8, 4) is 0 Å². The molecule has 0 saturated carbocycles. The zero-order valence-corrected chi connectivity index (χ0v) is 12.3. The first-order chi connectivity index (χ1) is 8.01. The van der Waals surface area contributed by atoms with E-state index in [1.54, 1.807) is 18.2 Å². The summed E-state index contributed by atoms with van der Waals surface area (Å²) in [5.41, 5.74) is 0.513. The maximum atomic E-state index is 11.4. The Balaban J connectivity index is 2.50. The van der Waals surface area contributed by atoms with Crippen molar-refractivity contribution in [3.05, 3.63) is 28.2 Å². The zero-order valence-electron chi connectivity index (χ0n) is 9.17. The van der Waals surface area contributed by atoms with Crippen molar-refractivity contribution < 1.29 is 9.53 Å². The normalized spacial score (nSPS) is 12.0. The number of ether oxygens (including phenoxy) is 1. The first-order valence-electron chi connectivity index (χ1n) is 4.97. The van der Waals surface area contributed by atoms with Crippen LogP contribution in [-0.4, -0.2) is 18.0 Å². The van der Waals surface area contributed by atoms with Crippen molar-refractivity contribution in [3.63, 3.8) is 0 Å². The highest BCUT2D eigenvalue weighted by Gasteiger charge is 2.07. The number of nitrogens with one attached hydrogen (secondary N) is 1. The van der Waals surface area contributed by atoms with Gasteiger partial charge in [0, 0.05) is 27.0 Å². The van der Waals surface area contributed by atoms with E-state index in [0.717, 1.165) is 5.33 Å². The summed E-state index contributed by atoms with van der Waals surface area (Å²) in [7, 11) is 0. The van der Waals surface area contributed by atoms with Crippen molar-refractivity contribution in [2.24, 2.45) is 5.92 Å². The molecule has 0 fully saturated rings. The second kappa shape index (κ2) is 7.09. The van der Waals surface area contributed by atoms with Crippen molar-refractivity contribution in [2.75, 3.05) is 17.3 Å². The lowest BCUT2D eigenvalue weighted by Crippen LogP contribution is -2.18. The highest BCUT2D eigenvalue weighted by molar-refractivity contribution is 9.09. The third-order valence-electron chi connectivity index (χ3n) is 1.87. The van der Waals surface area contributed by atoms with E-state index < -0.39 is 6.09 Å². The molecule has 0 aliphatic heterocycles. The minimum Gasteiger partial charge on any atom is -0.449 e. The number of anilines is 1. The number of rotatable bonds is 4. The molecule has 0 aliphatic carbocycles. The number of halogens is 3. The van der Waals surface area contributed by atoms with Gasteiger partial charge in [-0.05, 0) is 18.2 Å². The van der Waals surface area contributed by atoms with Crippen LogP contribution in [0.25, 0.3) is 0 Å². The molecule has 17 heavy (non-hydrogen) atoms. The van der Waals surface area contributed by atoms with Gasteiger partial charge in [0.15, 0.2) is 0 Å². The molecule has 0 aliphatic rings. The van der Waals surface area contributed by atoms with Gasteiger partial charge in [-0.1, -0.05) is 46.1 Å². The Morgan fingerprint density at radius 2 is 2.00 bits per heavy atom. The molecular formula is C11H12BrCl2NO2. The second-order valence-electron chi connectivity index (χ2n) is 3.64. The van der Waals surface area contributed by atoms with Crippen molar-refractivity contribution in [2.45, 2.75) is 6.92 Å². The Morgan fingerprint density at radius 3 is 2.53 bits per heavy atom. The zero-order chi connectivity index (χ0) is 12.8. The van der Waals surface area contributed by atoms with Gasteiger partial charge in [0.1, 0.15) is 0 Å². The smallest absolute Gasteiger partial charge is 0.411 e. The van der Waals surface area contributed by atoms with Crippen molar-refractivity contribution in [1.82, 2.24) is 0 Å². The van der Waals surface area contributed by atoms with E-state index in [0.29, 0.717) is 22.3 Å². The maximum absolute atomic E-state index is 11.4. The molecule has 0 saturated heterocycles. The summed E-state index contributed by atoms with van der Waals surface area (Å²) in [5.74, 6) is 0.267. The van der Waals surface area contributed by atoms with Gasteiger partial charge in [-0.15, -0.1) is 0 Å². The molecule has 6 heteroatoms. The van der Waals surface area contributed by atoms with Gasteiger partial charge in [0.2, 0.25) is 0 Å². The van der Waals surface area contributed by atoms with Gasteiger partial charge in [-0.2, -0.15) is 0 Å². The molecular weight excluding hydrogens is 329 g/mol. The summed E-state index contributed by atoms with van der Waals surface area (Å²) in [6.45, 7) is 2.32. The lowest BCUT2D eigenvalue weighted by atomic mass is 10.2. The van der Waals surface area contributed by atoms with Crippen LogP contribution in [0.1, 0.15) is 6.92 Å². The Labute approximate surface area is 119 Å². The number of hydrogen-bond acceptors (Lipinski definition) is 2. The van der Waals surface area contributed by atoms with E-state index in [1.807, 2.05) is 6.92 Å². The number of hydrogen-bond donors (Lipinski definition) is 1. The minimum absolute atomic E-state index is 0.267. The molecule has 0 radical (unpaired) electrons. The summed E-state index contributed by atoms with van der Waals surface area (Å²) in [6.07, 6.45) is -0.517. The van der Waals surface area contributed by atoms with Crippen molar-refractivity contribution in [1.29, 1.82) is 0 Å². The standard InChI is InChI=1S/C11H12BrCl2NO2/c1-7(5-12)6-17-11(16)15-10-3-8(13)2-9(14)4-10/h2-4,7H,5-6H2,1H3,(H,15,16). The second-order valence-corrected chi connectivity index (χ2v) is 5.16. The van der Waals surface area contributed by atoms with Gasteiger partial charge in [-0.25, -0.2) is 4.79 Å². The van der Waals surface area contributed by atoms with E-state index in [9.17, 15) is 4.79 Å². The molecule has 1 N–H and O–H groups in total. The Kier molecular flexibility index (Phi) is 6.09. The van der Waals surface area contributed by atoms with Crippen LogP contribution in [0.2, 0.25) is 10.0 Å². The molecule has 1 aromatic carbocycles. The van der Waals surface area contributed by atoms with Gasteiger partial charge in [-0.3, -0.25) is 5.32 Å². The quantitative estimate of drug-likeness (QED) is 0.815. The molecule has 1 rings (SSSR count). The molecule has 1 unspecified atom stereocenters.